The van der Waals surface area contributed by atoms with E-state index in [0.717, 1.165) is 24.3 Å². The van der Waals surface area contributed by atoms with E-state index in [2.05, 4.69) is 22.8 Å². The molecule has 1 aliphatic rings. The van der Waals surface area contributed by atoms with Gasteiger partial charge in [0.15, 0.2) is 5.11 Å². The molecule has 1 saturated heterocycles. The van der Waals surface area contributed by atoms with Gasteiger partial charge in [-0.25, -0.2) is 0 Å². The van der Waals surface area contributed by atoms with Crippen molar-refractivity contribution < 1.29 is 4.79 Å². The molecule has 0 aromatic heterocycles. The van der Waals surface area contributed by atoms with Crippen LogP contribution in [0.5, 0.6) is 0 Å². The van der Waals surface area contributed by atoms with E-state index in [-0.39, 0.29) is 5.91 Å². The molecule has 0 unspecified atom stereocenters. The van der Waals surface area contributed by atoms with Gasteiger partial charge in [-0.3, -0.25) is 4.79 Å². The quantitative estimate of drug-likeness (QED) is 0.847. The van der Waals surface area contributed by atoms with Gasteiger partial charge < -0.3 is 15.5 Å². The molecule has 23 heavy (non-hydrogen) atoms. The van der Waals surface area contributed by atoms with Gasteiger partial charge in [-0.05, 0) is 48.5 Å². The van der Waals surface area contributed by atoms with E-state index in [4.69, 9.17) is 12.2 Å². The van der Waals surface area contributed by atoms with Crippen LogP contribution >= 0.6 is 12.2 Å². The molecule has 0 atom stereocenters. The molecule has 0 saturated carbocycles. The first-order valence-electron chi connectivity index (χ1n) is 7.71. The Morgan fingerprint density at radius 3 is 2.48 bits per heavy atom. The number of nitrogens with zero attached hydrogens (tertiary/aromatic N) is 1. The Morgan fingerprint density at radius 2 is 1.83 bits per heavy atom. The predicted octanol–water partition coefficient (Wildman–Crippen LogP) is 3.30. The molecule has 1 fully saturated rings. The van der Waals surface area contributed by atoms with Gasteiger partial charge in [0.05, 0.1) is 0 Å². The fourth-order valence-electron chi connectivity index (χ4n) is 2.60. The molecule has 1 heterocycles. The number of benzene rings is 2. The van der Waals surface area contributed by atoms with E-state index in [0.29, 0.717) is 18.1 Å². The van der Waals surface area contributed by atoms with E-state index in [1.165, 1.54) is 5.56 Å². The highest BCUT2D eigenvalue weighted by atomic mass is 32.1. The second-order valence-electron chi connectivity index (χ2n) is 5.49. The molecule has 4 nitrogen and oxygen atoms in total. The van der Waals surface area contributed by atoms with Crippen molar-refractivity contribution in [1.82, 2.24) is 5.32 Å². The normalized spacial score (nSPS) is 13.9. The second-order valence-corrected chi connectivity index (χ2v) is 5.90. The summed E-state index contributed by atoms with van der Waals surface area (Å²) >= 11 is 5.31. The summed E-state index contributed by atoms with van der Waals surface area (Å²) in [5.74, 6) is 0.200. The smallest absolute Gasteiger partial charge is 0.227 e. The maximum atomic E-state index is 11.7. The number of anilines is 2. The molecule has 0 bridgehead atoms. The standard InChI is InChI=1S/C18H19N3OS/c22-17-7-4-12-21(17)16-10-8-15(9-11-16)20-18(23)19-13-14-5-2-1-3-6-14/h1-3,5-6,8-11H,4,7,12-13H2,(H2,19,20,23). The molecule has 5 heteroatoms. The van der Waals surface area contributed by atoms with Gasteiger partial charge in [0.25, 0.3) is 0 Å². The Balaban J connectivity index is 1.53. The Morgan fingerprint density at radius 1 is 1.09 bits per heavy atom. The van der Waals surface area contributed by atoms with Gasteiger partial charge >= 0.3 is 0 Å². The van der Waals surface area contributed by atoms with Crippen LogP contribution in [-0.2, 0) is 11.3 Å². The number of carbonyl (C=O) groups excluding carboxylic acids is 1. The third-order valence-corrected chi connectivity index (χ3v) is 4.05. The Hall–Kier alpha value is -2.40. The fourth-order valence-corrected chi connectivity index (χ4v) is 2.79. The lowest BCUT2D eigenvalue weighted by molar-refractivity contribution is -0.117. The third kappa shape index (κ3) is 4.07. The van der Waals surface area contributed by atoms with Crippen LogP contribution in [0.1, 0.15) is 18.4 Å². The zero-order chi connectivity index (χ0) is 16.1. The molecule has 1 aliphatic heterocycles. The Kier molecular flexibility index (Phi) is 4.88. The highest BCUT2D eigenvalue weighted by Gasteiger charge is 2.21. The van der Waals surface area contributed by atoms with Crippen LogP contribution in [0.15, 0.2) is 54.6 Å². The van der Waals surface area contributed by atoms with Crippen molar-refractivity contribution in [3.8, 4) is 0 Å². The number of nitrogens with one attached hydrogen (secondary N) is 2. The van der Waals surface area contributed by atoms with Gasteiger partial charge in [0, 0.05) is 30.9 Å². The molecule has 1 amide bonds. The van der Waals surface area contributed by atoms with E-state index in [1.807, 2.05) is 47.4 Å². The zero-order valence-corrected chi connectivity index (χ0v) is 13.6. The van der Waals surface area contributed by atoms with Crippen molar-refractivity contribution >= 4 is 34.6 Å². The van der Waals surface area contributed by atoms with Crippen LogP contribution in [0, 0.1) is 0 Å². The number of carbonyl (C=O) groups is 1. The average molecular weight is 325 g/mol. The summed E-state index contributed by atoms with van der Waals surface area (Å²) in [6, 6.07) is 17.9. The number of rotatable bonds is 4. The van der Waals surface area contributed by atoms with Crippen molar-refractivity contribution in [1.29, 1.82) is 0 Å². The summed E-state index contributed by atoms with van der Waals surface area (Å²) in [4.78, 5) is 13.6. The second kappa shape index (κ2) is 7.24. The molecule has 118 valence electrons. The van der Waals surface area contributed by atoms with Gasteiger partial charge in [-0.15, -0.1) is 0 Å². The first kappa shape index (κ1) is 15.5. The monoisotopic (exact) mass is 325 g/mol. The van der Waals surface area contributed by atoms with Crippen molar-refractivity contribution in [2.24, 2.45) is 0 Å². The highest BCUT2D eigenvalue weighted by molar-refractivity contribution is 7.80. The van der Waals surface area contributed by atoms with Crippen LogP contribution in [0.2, 0.25) is 0 Å². The van der Waals surface area contributed by atoms with Crippen LogP contribution in [-0.4, -0.2) is 17.6 Å². The molecular formula is C18H19N3OS. The number of hydrogen-bond acceptors (Lipinski definition) is 2. The van der Waals surface area contributed by atoms with Crippen LogP contribution in [0.25, 0.3) is 0 Å². The lowest BCUT2D eigenvalue weighted by Crippen LogP contribution is -2.28. The van der Waals surface area contributed by atoms with E-state index in [9.17, 15) is 4.79 Å². The zero-order valence-electron chi connectivity index (χ0n) is 12.8. The molecule has 0 radical (unpaired) electrons. The number of thiocarbonyl (C=S) groups is 1. The summed E-state index contributed by atoms with van der Waals surface area (Å²) in [6.45, 7) is 1.50. The van der Waals surface area contributed by atoms with Gasteiger partial charge in [0.2, 0.25) is 5.91 Å². The Bertz CT molecular complexity index is 685. The van der Waals surface area contributed by atoms with Crippen molar-refractivity contribution in [2.75, 3.05) is 16.8 Å². The molecule has 2 N–H and O–H groups in total. The fraction of sp³-hybridized carbons (Fsp3) is 0.222. The van der Waals surface area contributed by atoms with Crippen LogP contribution in [0.4, 0.5) is 11.4 Å². The average Bonchev–Trinajstić information content (AvgIpc) is 3.01. The summed E-state index contributed by atoms with van der Waals surface area (Å²) < 4.78 is 0. The lowest BCUT2D eigenvalue weighted by Gasteiger charge is -2.16. The maximum absolute atomic E-state index is 11.7. The first-order valence-corrected chi connectivity index (χ1v) is 8.12. The summed E-state index contributed by atoms with van der Waals surface area (Å²) in [6.07, 6.45) is 1.58. The van der Waals surface area contributed by atoms with Crippen molar-refractivity contribution in [3.63, 3.8) is 0 Å². The molecule has 2 aromatic carbocycles. The van der Waals surface area contributed by atoms with E-state index in [1.54, 1.807) is 0 Å². The highest BCUT2D eigenvalue weighted by Crippen LogP contribution is 2.22. The van der Waals surface area contributed by atoms with E-state index >= 15 is 0 Å². The maximum Gasteiger partial charge on any atom is 0.227 e. The molecular weight excluding hydrogens is 306 g/mol. The molecule has 3 rings (SSSR count). The van der Waals surface area contributed by atoms with Gasteiger partial charge in [-0.2, -0.15) is 0 Å². The van der Waals surface area contributed by atoms with Gasteiger partial charge in [-0.1, -0.05) is 30.3 Å². The topological polar surface area (TPSA) is 44.4 Å². The number of hydrogen-bond donors (Lipinski definition) is 2. The molecule has 2 aromatic rings. The third-order valence-electron chi connectivity index (χ3n) is 3.81. The van der Waals surface area contributed by atoms with Crippen LogP contribution < -0.4 is 15.5 Å². The largest absolute Gasteiger partial charge is 0.358 e. The molecule has 0 aliphatic carbocycles. The van der Waals surface area contributed by atoms with Crippen LogP contribution in [0.3, 0.4) is 0 Å². The summed E-state index contributed by atoms with van der Waals surface area (Å²) in [7, 11) is 0. The minimum absolute atomic E-state index is 0.200. The first-order chi connectivity index (χ1) is 11.2. The minimum atomic E-state index is 0.200. The number of amides is 1. The summed E-state index contributed by atoms with van der Waals surface area (Å²) in [5, 5.41) is 6.92. The Labute approximate surface area is 141 Å². The minimum Gasteiger partial charge on any atom is -0.358 e. The van der Waals surface area contributed by atoms with Crippen molar-refractivity contribution in [3.05, 3.63) is 60.2 Å². The van der Waals surface area contributed by atoms with Gasteiger partial charge in [0.1, 0.15) is 0 Å². The van der Waals surface area contributed by atoms with E-state index < -0.39 is 0 Å². The predicted molar refractivity (Wildman–Crippen MR) is 97.5 cm³/mol. The lowest BCUT2D eigenvalue weighted by atomic mass is 10.2. The SMILES string of the molecule is O=C1CCCN1c1ccc(NC(=S)NCc2ccccc2)cc1. The van der Waals surface area contributed by atoms with Crippen molar-refractivity contribution in [2.45, 2.75) is 19.4 Å². The summed E-state index contributed by atoms with van der Waals surface area (Å²) in [5.41, 5.74) is 3.03. The molecule has 0 spiro atoms.